The number of rotatable bonds is 5. The highest BCUT2D eigenvalue weighted by Gasteiger charge is 2.22. The Morgan fingerprint density at radius 3 is 2.63 bits per heavy atom. The van der Waals surface area contributed by atoms with Gasteiger partial charge in [-0.05, 0) is 59.7 Å². The van der Waals surface area contributed by atoms with Gasteiger partial charge in [-0.3, -0.25) is 0 Å². The maximum atomic E-state index is 4.77. The molecule has 0 aliphatic carbocycles. The fourth-order valence-corrected chi connectivity index (χ4v) is 3.69. The van der Waals surface area contributed by atoms with Crippen molar-refractivity contribution in [3.63, 3.8) is 0 Å². The maximum absolute atomic E-state index is 4.77. The lowest BCUT2D eigenvalue weighted by Crippen LogP contribution is -2.38. The molecule has 3 nitrogen and oxygen atoms in total. The molecule has 0 aromatic carbocycles. The molecule has 19 heavy (non-hydrogen) atoms. The third kappa shape index (κ3) is 4.01. The van der Waals surface area contributed by atoms with Gasteiger partial charge in [-0.2, -0.15) is 0 Å². The molecule has 108 valence electrons. The third-order valence-electron chi connectivity index (χ3n) is 4.29. The lowest BCUT2D eigenvalue weighted by molar-refractivity contribution is 0.149. The third-order valence-corrected chi connectivity index (χ3v) is 5.18. The number of nitrogens with zero attached hydrogens (tertiary/aromatic N) is 2. The molecular formula is C15H27N3S. The SMILES string of the molecule is CNC(C)c1csc(CC2CCN(C(C)C)CC2)n1. The van der Waals surface area contributed by atoms with Gasteiger partial charge in [-0.25, -0.2) is 4.98 Å². The van der Waals surface area contributed by atoms with Crippen LogP contribution in [0.25, 0.3) is 0 Å². The molecule has 0 saturated carbocycles. The number of aromatic nitrogens is 1. The summed E-state index contributed by atoms with van der Waals surface area (Å²) in [7, 11) is 1.99. The first-order valence-electron chi connectivity index (χ1n) is 7.45. The van der Waals surface area contributed by atoms with Gasteiger partial charge in [0.25, 0.3) is 0 Å². The van der Waals surface area contributed by atoms with Gasteiger partial charge >= 0.3 is 0 Å². The molecule has 0 bridgehead atoms. The van der Waals surface area contributed by atoms with E-state index in [-0.39, 0.29) is 0 Å². The molecule has 1 aromatic heterocycles. The van der Waals surface area contributed by atoms with Crippen molar-refractivity contribution in [2.45, 2.75) is 52.1 Å². The average molecular weight is 281 g/mol. The van der Waals surface area contributed by atoms with Crippen molar-refractivity contribution in [2.75, 3.05) is 20.1 Å². The largest absolute Gasteiger partial charge is 0.312 e. The summed E-state index contributed by atoms with van der Waals surface area (Å²) in [4.78, 5) is 7.36. The number of thiazole rings is 1. The van der Waals surface area contributed by atoms with Gasteiger partial charge in [0.05, 0.1) is 10.7 Å². The van der Waals surface area contributed by atoms with E-state index in [0.29, 0.717) is 12.1 Å². The molecule has 2 heterocycles. The summed E-state index contributed by atoms with van der Waals surface area (Å²) in [5.41, 5.74) is 1.20. The van der Waals surface area contributed by atoms with Crippen LogP contribution in [0.1, 0.15) is 50.4 Å². The van der Waals surface area contributed by atoms with Crippen molar-refractivity contribution in [3.05, 3.63) is 16.1 Å². The van der Waals surface area contributed by atoms with Gasteiger partial charge in [0, 0.05) is 23.9 Å². The fourth-order valence-electron chi connectivity index (χ4n) is 2.69. The van der Waals surface area contributed by atoms with Gasteiger partial charge in [0.15, 0.2) is 0 Å². The molecule has 1 aliphatic heterocycles. The van der Waals surface area contributed by atoms with E-state index in [4.69, 9.17) is 4.98 Å². The molecule has 1 fully saturated rings. The minimum absolute atomic E-state index is 0.368. The van der Waals surface area contributed by atoms with E-state index in [2.05, 4.69) is 36.4 Å². The summed E-state index contributed by atoms with van der Waals surface area (Å²) in [6, 6.07) is 1.07. The lowest BCUT2D eigenvalue weighted by atomic mass is 9.93. The van der Waals surface area contributed by atoms with Crippen molar-refractivity contribution < 1.29 is 0 Å². The van der Waals surface area contributed by atoms with Gasteiger partial charge in [-0.15, -0.1) is 11.3 Å². The Labute approximate surface area is 121 Å². The van der Waals surface area contributed by atoms with Crippen LogP contribution >= 0.6 is 11.3 Å². The molecule has 1 aromatic rings. The van der Waals surface area contributed by atoms with E-state index >= 15 is 0 Å². The summed E-state index contributed by atoms with van der Waals surface area (Å²) >= 11 is 1.83. The number of hydrogen-bond acceptors (Lipinski definition) is 4. The highest BCUT2D eigenvalue weighted by molar-refractivity contribution is 7.09. The van der Waals surface area contributed by atoms with Crippen LogP contribution in [-0.4, -0.2) is 36.1 Å². The second kappa shape index (κ2) is 6.82. The first-order valence-corrected chi connectivity index (χ1v) is 8.33. The Bertz CT molecular complexity index is 380. The first kappa shape index (κ1) is 14.9. The second-order valence-corrected chi connectivity index (χ2v) is 6.90. The predicted octanol–water partition coefficient (Wildman–Crippen LogP) is 3.09. The van der Waals surface area contributed by atoms with E-state index in [9.17, 15) is 0 Å². The van der Waals surface area contributed by atoms with Crippen molar-refractivity contribution in [2.24, 2.45) is 5.92 Å². The summed E-state index contributed by atoms with van der Waals surface area (Å²) in [6.45, 7) is 9.28. The van der Waals surface area contributed by atoms with Gasteiger partial charge < -0.3 is 10.2 Å². The van der Waals surface area contributed by atoms with Crippen LogP contribution in [-0.2, 0) is 6.42 Å². The highest BCUT2D eigenvalue weighted by Crippen LogP contribution is 2.25. The zero-order valence-corrected chi connectivity index (χ0v) is 13.5. The average Bonchev–Trinajstić information content (AvgIpc) is 2.87. The monoisotopic (exact) mass is 281 g/mol. The van der Waals surface area contributed by atoms with Crippen molar-refractivity contribution >= 4 is 11.3 Å². The number of hydrogen-bond donors (Lipinski definition) is 1. The minimum Gasteiger partial charge on any atom is -0.312 e. The molecule has 0 spiro atoms. The molecule has 1 saturated heterocycles. The van der Waals surface area contributed by atoms with Crippen LogP contribution in [0.3, 0.4) is 0 Å². The van der Waals surface area contributed by atoms with Gasteiger partial charge in [0.2, 0.25) is 0 Å². The lowest BCUT2D eigenvalue weighted by Gasteiger charge is -2.34. The normalized spacial score (nSPS) is 20.1. The summed E-state index contributed by atoms with van der Waals surface area (Å²) < 4.78 is 0. The minimum atomic E-state index is 0.368. The van der Waals surface area contributed by atoms with Gasteiger partial charge in [0.1, 0.15) is 0 Å². The number of piperidine rings is 1. The Morgan fingerprint density at radius 2 is 2.05 bits per heavy atom. The molecule has 1 aliphatic rings. The quantitative estimate of drug-likeness (QED) is 0.899. The smallest absolute Gasteiger partial charge is 0.0931 e. The van der Waals surface area contributed by atoms with Crippen molar-refractivity contribution in [3.8, 4) is 0 Å². The Morgan fingerprint density at radius 1 is 1.37 bits per heavy atom. The zero-order chi connectivity index (χ0) is 13.8. The van der Waals surface area contributed by atoms with Crippen molar-refractivity contribution in [1.82, 2.24) is 15.2 Å². The van der Waals surface area contributed by atoms with Crippen LogP contribution in [0, 0.1) is 5.92 Å². The van der Waals surface area contributed by atoms with Crippen LogP contribution in [0.15, 0.2) is 5.38 Å². The summed E-state index contributed by atoms with van der Waals surface area (Å²) in [6.07, 6.45) is 3.83. The van der Waals surface area contributed by atoms with E-state index < -0.39 is 0 Å². The molecule has 1 atom stereocenters. The molecule has 0 radical (unpaired) electrons. The van der Waals surface area contributed by atoms with E-state index in [1.54, 1.807) is 0 Å². The standard InChI is InChI=1S/C15H27N3S/c1-11(2)18-7-5-13(6-8-18)9-15-17-14(10-19-15)12(3)16-4/h10-13,16H,5-9H2,1-4H3. The maximum Gasteiger partial charge on any atom is 0.0931 e. The first-order chi connectivity index (χ1) is 9.10. The van der Waals surface area contributed by atoms with Crippen LogP contribution in [0.4, 0.5) is 0 Å². The molecular weight excluding hydrogens is 254 g/mol. The topological polar surface area (TPSA) is 28.2 Å². The Hall–Kier alpha value is -0.450. The highest BCUT2D eigenvalue weighted by atomic mass is 32.1. The molecule has 1 N–H and O–H groups in total. The fraction of sp³-hybridized carbons (Fsp3) is 0.800. The predicted molar refractivity (Wildman–Crippen MR) is 82.7 cm³/mol. The van der Waals surface area contributed by atoms with Gasteiger partial charge in [-0.1, -0.05) is 0 Å². The molecule has 0 amide bonds. The summed E-state index contributed by atoms with van der Waals surface area (Å²) in [5, 5.41) is 6.78. The van der Waals surface area contributed by atoms with Crippen molar-refractivity contribution in [1.29, 1.82) is 0 Å². The van der Waals surface area contributed by atoms with Crippen LogP contribution in [0.2, 0.25) is 0 Å². The molecule has 1 unspecified atom stereocenters. The Kier molecular flexibility index (Phi) is 5.37. The van der Waals surface area contributed by atoms with Crippen LogP contribution in [0.5, 0.6) is 0 Å². The second-order valence-electron chi connectivity index (χ2n) is 5.95. The molecule has 2 rings (SSSR count). The summed E-state index contributed by atoms with van der Waals surface area (Å²) in [5.74, 6) is 0.832. The van der Waals surface area contributed by atoms with E-state index in [1.165, 1.54) is 43.1 Å². The Balaban J connectivity index is 1.84. The molecule has 4 heteroatoms. The number of nitrogens with one attached hydrogen (secondary N) is 1. The van der Waals surface area contributed by atoms with E-state index in [0.717, 1.165) is 5.92 Å². The number of likely N-dealkylation sites (tertiary alicyclic amines) is 1. The van der Waals surface area contributed by atoms with Crippen LogP contribution < -0.4 is 5.32 Å². The van der Waals surface area contributed by atoms with E-state index in [1.807, 2.05) is 18.4 Å². The zero-order valence-electron chi connectivity index (χ0n) is 12.6.